The minimum absolute atomic E-state index is 0.0100. The third-order valence-corrected chi connectivity index (χ3v) is 8.00. The Kier molecular flexibility index (Phi) is 6.18. The number of fused-ring (bicyclic) bond motifs is 3. The van der Waals surface area contributed by atoms with E-state index in [9.17, 15) is 9.59 Å². The van der Waals surface area contributed by atoms with Gasteiger partial charge in [-0.15, -0.1) is 22.7 Å². The van der Waals surface area contributed by atoms with Crippen molar-refractivity contribution in [1.82, 2.24) is 14.9 Å². The van der Waals surface area contributed by atoms with Crippen LogP contribution in [0.3, 0.4) is 0 Å². The highest BCUT2D eigenvalue weighted by Crippen LogP contribution is 2.34. The van der Waals surface area contributed by atoms with Gasteiger partial charge in [-0.25, -0.2) is 4.98 Å². The van der Waals surface area contributed by atoms with Crippen molar-refractivity contribution in [1.29, 1.82) is 0 Å². The molecule has 0 radical (unpaired) electrons. The van der Waals surface area contributed by atoms with Gasteiger partial charge in [-0.05, 0) is 43.2 Å². The Balaban J connectivity index is 1.31. The molecule has 5 nitrogen and oxygen atoms in total. The number of nitrogens with one attached hydrogen (secondary N) is 1. The zero-order valence-corrected chi connectivity index (χ0v) is 18.3. The number of hydrogen-bond acceptors (Lipinski definition) is 6. The van der Waals surface area contributed by atoms with E-state index in [-0.39, 0.29) is 11.5 Å². The fraction of sp³-hybridized carbons (Fsp3) is 0.450. The lowest BCUT2D eigenvalue weighted by Crippen LogP contribution is -2.30. The van der Waals surface area contributed by atoms with E-state index >= 15 is 0 Å². The predicted octanol–water partition coefficient (Wildman–Crippen LogP) is 4.21. The van der Waals surface area contributed by atoms with Gasteiger partial charge < -0.3 is 9.88 Å². The van der Waals surface area contributed by atoms with Gasteiger partial charge in [0.05, 0.1) is 17.7 Å². The number of thiophene rings is 2. The van der Waals surface area contributed by atoms with E-state index in [1.54, 1.807) is 34.4 Å². The highest BCUT2D eigenvalue weighted by Gasteiger charge is 2.21. The molecule has 4 rings (SSSR count). The topological polar surface area (TPSA) is 66.1 Å². The lowest BCUT2D eigenvalue weighted by molar-refractivity contribution is -0.131. The van der Waals surface area contributed by atoms with Crippen LogP contribution in [-0.2, 0) is 29.9 Å². The fourth-order valence-corrected chi connectivity index (χ4v) is 6.36. The maximum absolute atomic E-state index is 12.5. The number of amides is 1. The average molecular weight is 434 g/mol. The first kappa shape index (κ1) is 19.7. The number of aromatic nitrogens is 2. The van der Waals surface area contributed by atoms with Crippen LogP contribution in [0.25, 0.3) is 10.2 Å². The Bertz CT molecular complexity index is 1020. The summed E-state index contributed by atoms with van der Waals surface area (Å²) in [4.78, 5) is 37.9. The molecule has 0 spiro atoms. The van der Waals surface area contributed by atoms with Crippen LogP contribution in [0.15, 0.2) is 22.3 Å². The maximum atomic E-state index is 12.5. The van der Waals surface area contributed by atoms with Gasteiger partial charge in [0.2, 0.25) is 5.91 Å². The Labute approximate surface area is 176 Å². The molecule has 1 aliphatic carbocycles. The number of carbonyl (C=O) groups is 1. The largest absolute Gasteiger partial charge is 0.338 e. The molecule has 28 heavy (non-hydrogen) atoms. The van der Waals surface area contributed by atoms with Crippen LogP contribution in [0.4, 0.5) is 0 Å². The first-order valence-electron chi connectivity index (χ1n) is 9.57. The zero-order chi connectivity index (χ0) is 19.5. The second-order valence-electron chi connectivity index (χ2n) is 6.84. The van der Waals surface area contributed by atoms with E-state index in [1.807, 2.05) is 23.3 Å². The molecule has 0 aliphatic heterocycles. The Morgan fingerprint density at radius 1 is 1.39 bits per heavy atom. The highest BCUT2D eigenvalue weighted by molar-refractivity contribution is 7.98. The quantitative estimate of drug-likeness (QED) is 0.541. The van der Waals surface area contributed by atoms with Crippen LogP contribution in [0, 0.1) is 0 Å². The molecule has 0 unspecified atom stereocenters. The van der Waals surface area contributed by atoms with Crippen LogP contribution < -0.4 is 5.56 Å². The van der Waals surface area contributed by atoms with Gasteiger partial charge in [-0.3, -0.25) is 9.59 Å². The van der Waals surface area contributed by atoms with E-state index in [2.05, 4.69) is 16.0 Å². The molecule has 3 heterocycles. The SMILES string of the molecule is CCN(Cc1cccs1)C(=O)CCSCc1nc2sc3c(c2c(=O)[nH]1)CCC3. The number of aryl methyl sites for hydroxylation is 2. The average Bonchev–Trinajstić information content (AvgIpc) is 3.40. The summed E-state index contributed by atoms with van der Waals surface area (Å²) < 4.78 is 0. The third kappa shape index (κ3) is 4.18. The van der Waals surface area contributed by atoms with E-state index in [4.69, 9.17) is 0 Å². The Morgan fingerprint density at radius 3 is 3.07 bits per heavy atom. The maximum Gasteiger partial charge on any atom is 0.259 e. The van der Waals surface area contributed by atoms with Crippen molar-refractivity contribution in [3.8, 4) is 0 Å². The van der Waals surface area contributed by atoms with Crippen LogP contribution in [0.5, 0.6) is 0 Å². The summed E-state index contributed by atoms with van der Waals surface area (Å²) in [7, 11) is 0. The number of hydrogen-bond donors (Lipinski definition) is 1. The molecule has 0 saturated heterocycles. The summed E-state index contributed by atoms with van der Waals surface area (Å²) in [6.07, 6.45) is 3.71. The van der Waals surface area contributed by atoms with E-state index in [0.29, 0.717) is 24.5 Å². The summed E-state index contributed by atoms with van der Waals surface area (Å²) in [5, 5.41) is 2.84. The monoisotopic (exact) mass is 433 g/mol. The van der Waals surface area contributed by atoms with E-state index < -0.39 is 0 Å². The summed E-state index contributed by atoms with van der Waals surface area (Å²) in [6.45, 7) is 3.42. The van der Waals surface area contributed by atoms with E-state index in [1.165, 1.54) is 15.3 Å². The van der Waals surface area contributed by atoms with Crippen molar-refractivity contribution >= 4 is 50.6 Å². The van der Waals surface area contributed by atoms with Gasteiger partial charge in [-0.1, -0.05) is 6.07 Å². The van der Waals surface area contributed by atoms with Crippen molar-refractivity contribution in [2.75, 3.05) is 12.3 Å². The van der Waals surface area contributed by atoms with Gasteiger partial charge >= 0.3 is 0 Å². The van der Waals surface area contributed by atoms with Crippen molar-refractivity contribution in [2.24, 2.45) is 0 Å². The van der Waals surface area contributed by atoms with Crippen molar-refractivity contribution in [3.63, 3.8) is 0 Å². The third-order valence-electron chi connectivity index (χ3n) is 4.98. The van der Waals surface area contributed by atoms with Crippen molar-refractivity contribution in [3.05, 3.63) is 49.0 Å². The number of H-pyrrole nitrogens is 1. The lowest BCUT2D eigenvalue weighted by Gasteiger charge is -2.20. The number of thioether (sulfide) groups is 1. The molecule has 0 atom stereocenters. The van der Waals surface area contributed by atoms with Gasteiger partial charge in [0.25, 0.3) is 5.56 Å². The molecule has 0 fully saturated rings. The summed E-state index contributed by atoms with van der Waals surface area (Å²) in [5.41, 5.74) is 1.20. The summed E-state index contributed by atoms with van der Waals surface area (Å²) >= 11 is 4.99. The standard InChI is InChI=1S/C20H23N3O2S3/c1-2-23(11-13-5-4-9-27-13)17(24)8-10-26-12-16-21-19(25)18-14-6-3-7-15(14)28-20(18)22-16/h4-5,9H,2-3,6-8,10-12H2,1H3,(H,21,22,25). The normalized spacial score (nSPS) is 13.2. The second kappa shape index (κ2) is 8.80. The minimum Gasteiger partial charge on any atom is -0.338 e. The van der Waals surface area contributed by atoms with Crippen molar-refractivity contribution in [2.45, 2.75) is 44.9 Å². The van der Waals surface area contributed by atoms with Crippen LogP contribution in [0.2, 0.25) is 0 Å². The van der Waals surface area contributed by atoms with Crippen molar-refractivity contribution < 1.29 is 4.79 Å². The molecule has 0 saturated carbocycles. The van der Waals surface area contributed by atoms with Crippen LogP contribution in [0.1, 0.15) is 40.9 Å². The van der Waals surface area contributed by atoms with Gasteiger partial charge in [0, 0.05) is 28.5 Å². The molecule has 0 aromatic carbocycles. The second-order valence-corrected chi connectivity index (χ2v) is 10.1. The van der Waals surface area contributed by atoms with E-state index in [0.717, 1.165) is 41.8 Å². The fourth-order valence-electron chi connectivity index (χ4n) is 3.57. The number of nitrogens with zero attached hydrogens (tertiary/aromatic N) is 2. The predicted molar refractivity (Wildman–Crippen MR) is 118 cm³/mol. The highest BCUT2D eigenvalue weighted by atomic mass is 32.2. The molecular weight excluding hydrogens is 410 g/mol. The summed E-state index contributed by atoms with van der Waals surface area (Å²) in [6, 6.07) is 4.08. The smallest absolute Gasteiger partial charge is 0.259 e. The van der Waals surface area contributed by atoms with Crippen LogP contribution >= 0.6 is 34.4 Å². The van der Waals surface area contributed by atoms with Crippen LogP contribution in [-0.4, -0.2) is 33.1 Å². The molecular formula is C20H23N3O2S3. The van der Waals surface area contributed by atoms with Gasteiger partial charge in [0.1, 0.15) is 10.7 Å². The first-order valence-corrected chi connectivity index (χ1v) is 12.4. The number of aromatic amines is 1. The first-order chi connectivity index (χ1) is 13.7. The number of rotatable bonds is 8. The molecule has 1 N–H and O–H groups in total. The molecule has 148 valence electrons. The lowest BCUT2D eigenvalue weighted by atomic mass is 10.2. The minimum atomic E-state index is -0.0100. The molecule has 3 aromatic heterocycles. The van der Waals surface area contributed by atoms with Gasteiger partial charge in [-0.2, -0.15) is 11.8 Å². The van der Waals surface area contributed by atoms with Gasteiger partial charge in [0.15, 0.2) is 0 Å². The Hall–Kier alpha value is -1.64. The molecule has 8 heteroatoms. The Morgan fingerprint density at radius 2 is 2.29 bits per heavy atom. The summed E-state index contributed by atoms with van der Waals surface area (Å²) in [5.74, 6) is 2.23. The molecule has 3 aromatic rings. The number of carbonyl (C=O) groups excluding carboxylic acids is 1. The molecule has 1 aliphatic rings. The molecule has 0 bridgehead atoms. The zero-order valence-electron chi connectivity index (χ0n) is 15.8. The molecule has 1 amide bonds.